The van der Waals surface area contributed by atoms with Crippen LogP contribution in [-0.2, 0) is 9.59 Å². The molecule has 0 amide bonds. The predicted octanol–water partition coefficient (Wildman–Crippen LogP) is -3.08. The summed E-state index contributed by atoms with van der Waals surface area (Å²) < 4.78 is 0. The smallest absolute Gasteiger partial charge is 1.00 e. The van der Waals surface area contributed by atoms with Crippen LogP contribution in [0.3, 0.4) is 0 Å². The van der Waals surface area contributed by atoms with Crippen LogP contribution in [0.5, 0.6) is 0 Å². The molecule has 0 aromatic rings. The Morgan fingerprint density at radius 3 is 1.79 bits per heavy atom. The number of hydrogen-bond donors (Lipinski definition) is 2. The van der Waals surface area contributed by atoms with E-state index in [1.807, 2.05) is 0 Å². The van der Waals surface area contributed by atoms with Crippen molar-refractivity contribution in [3.8, 4) is 0 Å². The second-order valence-corrected chi connectivity index (χ2v) is 4.93. The van der Waals surface area contributed by atoms with Crippen LogP contribution in [-0.4, -0.2) is 22.2 Å². The topological polar surface area (TPSA) is 74.6 Å². The normalized spacial score (nSPS) is 17.0. The molecule has 2 N–H and O–H groups in total. The van der Waals surface area contributed by atoms with Crippen LogP contribution >= 0.6 is 0 Å². The van der Waals surface area contributed by atoms with Crippen molar-refractivity contribution < 1.29 is 81.8 Å². The summed E-state index contributed by atoms with van der Waals surface area (Å²) in [5.74, 6) is -2.51. The van der Waals surface area contributed by atoms with Gasteiger partial charge in [0.05, 0.1) is 11.1 Å². The van der Waals surface area contributed by atoms with Gasteiger partial charge in [0, 0.05) is 0 Å². The number of carboxylic acid groups (broad SMARTS) is 2. The van der Waals surface area contributed by atoms with Crippen molar-refractivity contribution in [2.45, 2.75) is 46.0 Å². The summed E-state index contributed by atoms with van der Waals surface area (Å²) in [4.78, 5) is 22.5. The third-order valence-electron chi connectivity index (χ3n) is 3.34. The van der Waals surface area contributed by atoms with Crippen molar-refractivity contribution >= 4 is 11.9 Å². The fourth-order valence-electron chi connectivity index (χ4n) is 2.57. The number of aliphatic carboxylic acids is 2. The summed E-state index contributed by atoms with van der Waals surface area (Å²) in [6.45, 7) is 3.46. The van der Waals surface area contributed by atoms with Crippen molar-refractivity contribution in [3.63, 3.8) is 0 Å². The Labute approximate surface area is 161 Å². The first kappa shape index (κ1) is 22.0. The SMILES string of the molecule is CC(C)/C(C(=O)O)=C(/C(=O)O)C1CCCCC1.[H-].[H-].[Na+].[Na+]. The molecule has 0 aliphatic heterocycles. The Morgan fingerprint density at radius 2 is 1.47 bits per heavy atom. The van der Waals surface area contributed by atoms with Crippen molar-refractivity contribution in [3.05, 3.63) is 11.1 Å². The molecule has 1 saturated carbocycles. The van der Waals surface area contributed by atoms with Crippen molar-refractivity contribution in [2.75, 3.05) is 0 Å². The Bertz CT molecular complexity index is 354. The first-order valence-electron chi connectivity index (χ1n) is 6.15. The fraction of sp³-hybridized carbons (Fsp3) is 0.692. The van der Waals surface area contributed by atoms with Crippen molar-refractivity contribution in [1.82, 2.24) is 0 Å². The van der Waals surface area contributed by atoms with E-state index in [-0.39, 0.29) is 84.9 Å². The van der Waals surface area contributed by atoms with Crippen LogP contribution in [0.1, 0.15) is 48.8 Å². The van der Waals surface area contributed by atoms with E-state index < -0.39 is 11.9 Å². The van der Waals surface area contributed by atoms with Gasteiger partial charge in [-0.1, -0.05) is 33.1 Å². The molecule has 0 aromatic carbocycles. The Hall–Kier alpha value is 0.680. The minimum atomic E-state index is -1.09. The second-order valence-electron chi connectivity index (χ2n) is 4.93. The molecule has 100 valence electrons. The summed E-state index contributed by atoms with van der Waals surface area (Å²) in [5.41, 5.74) is 0.205. The van der Waals surface area contributed by atoms with Gasteiger partial charge in [-0.15, -0.1) is 0 Å². The average molecular weight is 288 g/mol. The second kappa shape index (κ2) is 10.4. The van der Waals surface area contributed by atoms with Gasteiger partial charge >= 0.3 is 71.1 Å². The van der Waals surface area contributed by atoms with E-state index in [0.29, 0.717) is 0 Å². The maximum atomic E-state index is 11.3. The summed E-state index contributed by atoms with van der Waals surface area (Å²) in [6.07, 6.45) is 4.70. The van der Waals surface area contributed by atoms with Crippen molar-refractivity contribution in [2.24, 2.45) is 11.8 Å². The van der Waals surface area contributed by atoms with Crippen LogP contribution in [0.25, 0.3) is 0 Å². The molecule has 0 aromatic heterocycles. The predicted molar refractivity (Wildman–Crippen MR) is 65.9 cm³/mol. The average Bonchev–Trinajstić information content (AvgIpc) is 2.25. The summed E-state index contributed by atoms with van der Waals surface area (Å²) in [6, 6.07) is 0. The molecule has 0 heterocycles. The molecule has 0 atom stereocenters. The van der Waals surface area contributed by atoms with Gasteiger partial charge in [0.1, 0.15) is 0 Å². The molecule has 1 rings (SSSR count). The zero-order chi connectivity index (χ0) is 13.0. The Balaban J connectivity index is -0.000000361. The molecule has 1 fully saturated rings. The molecular weight excluding hydrogens is 266 g/mol. The minimum Gasteiger partial charge on any atom is -1.00 e. The van der Waals surface area contributed by atoms with Crippen LogP contribution in [0.15, 0.2) is 11.1 Å². The first-order chi connectivity index (χ1) is 7.95. The molecule has 0 radical (unpaired) electrons. The van der Waals surface area contributed by atoms with E-state index in [1.165, 1.54) is 0 Å². The third kappa shape index (κ3) is 6.32. The van der Waals surface area contributed by atoms with Crippen molar-refractivity contribution in [1.29, 1.82) is 0 Å². The number of hydrogen-bond acceptors (Lipinski definition) is 2. The van der Waals surface area contributed by atoms with E-state index in [2.05, 4.69) is 0 Å². The summed E-state index contributed by atoms with van der Waals surface area (Å²) in [7, 11) is 0. The fourth-order valence-corrected chi connectivity index (χ4v) is 2.57. The van der Waals surface area contributed by atoms with E-state index in [0.717, 1.165) is 32.1 Å². The van der Waals surface area contributed by atoms with Gasteiger partial charge in [-0.3, -0.25) is 0 Å². The number of rotatable bonds is 4. The maximum Gasteiger partial charge on any atom is 1.00 e. The molecule has 0 spiro atoms. The quantitative estimate of drug-likeness (QED) is 0.425. The van der Waals surface area contributed by atoms with Crippen LogP contribution < -0.4 is 59.1 Å². The summed E-state index contributed by atoms with van der Waals surface area (Å²) in [5, 5.41) is 18.4. The third-order valence-corrected chi connectivity index (χ3v) is 3.34. The molecule has 6 heteroatoms. The molecule has 0 unspecified atom stereocenters. The Morgan fingerprint density at radius 1 is 1.00 bits per heavy atom. The number of carboxylic acids is 2. The van der Waals surface area contributed by atoms with E-state index in [4.69, 9.17) is 0 Å². The van der Waals surface area contributed by atoms with Crippen LogP contribution in [0.2, 0.25) is 0 Å². The van der Waals surface area contributed by atoms with Gasteiger partial charge in [0.15, 0.2) is 0 Å². The van der Waals surface area contributed by atoms with Gasteiger partial charge in [0.2, 0.25) is 0 Å². The van der Waals surface area contributed by atoms with E-state index in [9.17, 15) is 19.8 Å². The molecule has 0 saturated heterocycles. The van der Waals surface area contributed by atoms with Crippen LogP contribution in [0.4, 0.5) is 0 Å². The minimum absolute atomic E-state index is 0. The van der Waals surface area contributed by atoms with Gasteiger partial charge < -0.3 is 13.1 Å². The molecule has 19 heavy (non-hydrogen) atoms. The maximum absolute atomic E-state index is 11.3. The molecule has 1 aliphatic rings. The molecule has 0 bridgehead atoms. The van der Waals surface area contributed by atoms with Gasteiger partial charge in [-0.25, -0.2) is 9.59 Å². The van der Waals surface area contributed by atoms with Crippen LogP contribution in [0, 0.1) is 11.8 Å². The standard InChI is InChI=1S/C13H20O4.2Na.2H/c1-8(2)10(12(14)15)11(13(16)17)9-6-4-3-5-7-9;;;;/h8-9H,3-7H2,1-2H3,(H,14,15)(H,16,17);;;;/q;2*+1;2*-1/b11-10-;;;;. The monoisotopic (exact) mass is 288 g/mol. The Kier molecular flexibility index (Phi) is 12.0. The van der Waals surface area contributed by atoms with E-state index in [1.54, 1.807) is 13.8 Å². The molecule has 4 nitrogen and oxygen atoms in total. The van der Waals surface area contributed by atoms with E-state index >= 15 is 0 Å². The zero-order valence-corrected chi connectivity index (χ0v) is 16.4. The first-order valence-corrected chi connectivity index (χ1v) is 6.15. The van der Waals surface area contributed by atoms with Gasteiger partial charge in [-0.2, -0.15) is 0 Å². The zero-order valence-electron chi connectivity index (χ0n) is 14.4. The molecular formula is C13H22Na2O4. The van der Waals surface area contributed by atoms with Gasteiger partial charge in [-0.05, 0) is 24.7 Å². The largest absolute Gasteiger partial charge is 1.00 e. The van der Waals surface area contributed by atoms with Gasteiger partial charge in [0.25, 0.3) is 0 Å². The summed E-state index contributed by atoms with van der Waals surface area (Å²) >= 11 is 0. The molecule has 1 aliphatic carbocycles. The number of carbonyl (C=O) groups is 2.